The Kier molecular flexibility index (Phi) is 6.09. The van der Waals surface area contributed by atoms with Crippen molar-refractivity contribution < 1.29 is 19.8 Å². The summed E-state index contributed by atoms with van der Waals surface area (Å²) in [6, 6.07) is 35.6. The number of hydrogen-bond donors (Lipinski definition) is 2. The van der Waals surface area contributed by atoms with Crippen molar-refractivity contribution in [2.45, 2.75) is 11.3 Å². The molecule has 4 aromatic carbocycles. The first-order chi connectivity index (χ1) is 17.5. The first-order valence-corrected chi connectivity index (χ1v) is 11.7. The lowest BCUT2D eigenvalue weighted by atomic mass is 9.60. The molecule has 0 aromatic heterocycles. The molecule has 0 heterocycles. The molecule has 0 radical (unpaired) electrons. The van der Waals surface area contributed by atoms with Gasteiger partial charge in [-0.1, -0.05) is 115 Å². The van der Waals surface area contributed by atoms with Gasteiger partial charge in [0.2, 0.25) is 0 Å². The summed E-state index contributed by atoms with van der Waals surface area (Å²) in [5.74, 6) is -2.47. The van der Waals surface area contributed by atoms with Gasteiger partial charge < -0.3 is 10.2 Å². The molecule has 2 N–H and O–H groups in total. The van der Waals surface area contributed by atoms with Gasteiger partial charge in [0.1, 0.15) is 5.41 Å². The predicted molar refractivity (Wildman–Crippen MR) is 141 cm³/mol. The van der Waals surface area contributed by atoms with Gasteiger partial charge in [0.15, 0.2) is 0 Å². The van der Waals surface area contributed by atoms with Crippen molar-refractivity contribution in [2.75, 3.05) is 0 Å². The molecule has 176 valence electrons. The second kappa shape index (κ2) is 9.51. The Bertz CT molecular complexity index is 1450. The van der Waals surface area contributed by atoms with Gasteiger partial charge in [-0.15, -0.1) is 0 Å². The molecule has 0 aliphatic heterocycles. The SMILES string of the molecule is O=C(O)c1ccc(C2=C(c3ccccc3)C(c3ccccc3)C(C(=O)O)(c3ccccc3)C=C2)cc1. The van der Waals surface area contributed by atoms with Crippen molar-refractivity contribution >= 4 is 23.1 Å². The average Bonchev–Trinajstić information content (AvgIpc) is 2.93. The van der Waals surface area contributed by atoms with Crippen LogP contribution in [0.2, 0.25) is 0 Å². The number of carboxylic acids is 2. The zero-order valence-electron chi connectivity index (χ0n) is 19.4. The van der Waals surface area contributed by atoms with Gasteiger partial charge in [-0.2, -0.15) is 0 Å². The summed E-state index contributed by atoms with van der Waals surface area (Å²) in [6.45, 7) is 0. The Morgan fingerprint density at radius 2 is 1.19 bits per heavy atom. The molecule has 0 saturated carbocycles. The van der Waals surface area contributed by atoms with E-state index < -0.39 is 23.3 Å². The Labute approximate surface area is 209 Å². The Morgan fingerprint density at radius 3 is 1.75 bits per heavy atom. The van der Waals surface area contributed by atoms with E-state index in [1.165, 1.54) is 0 Å². The lowest BCUT2D eigenvalue weighted by Gasteiger charge is -2.41. The maximum Gasteiger partial charge on any atom is 0.335 e. The summed E-state index contributed by atoms with van der Waals surface area (Å²) in [5.41, 5.74) is 3.89. The standard InChI is InChI=1S/C32H24O4/c33-30(34)25-18-16-22(17-19-25)27-20-21-32(31(35)36,26-14-8-3-9-15-26)29(24-12-6-2-7-13-24)28(27)23-10-4-1-5-11-23/h1-21,29H,(H,33,34)(H,35,36). The molecule has 0 saturated heterocycles. The molecule has 1 aliphatic carbocycles. The third-order valence-electron chi connectivity index (χ3n) is 6.81. The van der Waals surface area contributed by atoms with Crippen LogP contribution in [-0.2, 0) is 10.2 Å². The zero-order valence-corrected chi connectivity index (χ0v) is 19.4. The molecular weight excluding hydrogens is 448 g/mol. The van der Waals surface area contributed by atoms with Gasteiger partial charge in [0.25, 0.3) is 0 Å². The van der Waals surface area contributed by atoms with Crippen molar-refractivity contribution in [1.29, 1.82) is 0 Å². The number of aliphatic carboxylic acids is 1. The fourth-order valence-corrected chi connectivity index (χ4v) is 5.14. The number of benzene rings is 4. The molecule has 2 unspecified atom stereocenters. The van der Waals surface area contributed by atoms with Crippen LogP contribution >= 0.6 is 0 Å². The molecule has 0 fully saturated rings. The van der Waals surface area contributed by atoms with Crippen LogP contribution in [0.4, 0.5) is 0 Å². The van der Waals surface area contributed by atoms with Crippen LogP contribution < -0.4 is 0 Å². The molecule has 4 nitrogen and oxygen atoms in total. The third kappa shape index (κ3) is 3.93. The molecule has 0 spiro atoms. The predicted octanol–water partition coefficient (Wildman–Crippen LogP) is 6.67. The highest BCUT2D eigenvalue weighted by atomic mass is 16.4. The summed E-state index contributed by atoms with van der Waals surface area (Å²) in [6.07, 6.45) is 3.66. The highest BCUT2D eigenvalue weighted by molar-refractivity contribution is 6.05. The Hall–Kier alpha value is -4.70. The third-order valence-corrected chi connectivity index (χ3v) is 6.81. The molecule has 2 atom stereocenters. The van der Waals surface area contributed by atoms with E-state index in [9.17, 15) is 19.8 Å². The first-order valence-electron chi connectivity index (χ1n) is 11.7. The van der Waals surface area contributed by atoms with E-state index in [2.05, 4.69) is 0 Å². The fourth-order valence-electron chi connectivity index (χ4n) is 5.14. The lowest BCUT2D eigenvalue weighted by Crippen LogP contribution is -2.42. The van der Waals surface area contributed by atoms with Crippen LogP contribution in [0.25, 0.3) is 11.1 Å². The minimum atomic E-state index is -1.35. The van der Waals surface area contributed by atoms with E-state index in [4.69, 9.17) is 0 Å². The van der Waals surface area contributed by atoms with Crippen molar-refractivity contribution in [3.8, 4) is 0 Å². The quantitative estimate of drug-likeness (QED) is 0.329. The minimum Gasteiger partial charge on any atom is -0.480 e. The summed E-state index contributed by atoms with van der Waals surface area (Å²) in [4.78, 5) is 24.7. The van der Waals surface area contributed by atoms with Crippen LogP contribution in [0.5, 0.6) is 0 Å². The normalized spacial score (nSPS) is 19.2. The van der Waals surface area contributed by atoms with Gasteiger partial charge in [-0.05, 0) is 45.5 Å². The number of rotatable bonds is 6. The molecule has 36 heavy (non-hydrogen) atoms. The Morgan fingerprint density at radius 1 is 0.639 bits per heavy atom. The molecule has 0 amide bonds. The van der Waals surface area contributed by atoms with E-state index >= 15 is 0 Å². The first kappa shape index (κ1) is 23.1. The van der Waals surface area contributed by atoms with Crippen molar-refractivity contribution in [2.24, 2.45) is 0 Å². The van der Waals surface area contributed by atoms with Crippen LogP contribution in [0.3, 0.4) is 0 Å². The van der Waals surface area contributed by atoms with Gasteiger partial charge >= 0.3 is 11.9 Å². The van der Waals surface area contributed by atoms with Crippen LogP contribution in [0.15, 0.2) is 127 Å². The average molecular weight is 473 g/mol. The minimum absolute atomic E-state index is 0.198. The lowest BCUT2D eigenvalue weighted by molar-refractivity contribution is -0.142. The van der Waals surface area contributed by atoms with Crippen molar-refractivity contribution in [1.82, 2.24) is 0 Å². The summed E-state index contributed by atoms with van der Waals surface area (Å²) < 4.78 is 0. The Balaban J connectivity index is 1.85. The molecule has 4 aromatic rings. The second-order valence-corrected chi connectivity index (χ2v) is 8.79. The topological polar surface area (TPSA) is 74.6 Å². The number of allylic oxidation sites excluding steroid dienone is 3. The van der Waals surface area contributed by atoms with E-state index in [0.717, 1.165) is 27.8 Å². The maximum absolute atomic E-state index is 13.3. The van der Waals surface area contributed by atoms with Gasteiger partial charge in [0.05, 0.1) is 5.56 Å². The largest absolute Gasteiger partial charge is 0.480 e. The number of carbonyl (C=O) groups is 2. The molecule has 5 rings (SSSR count). The summed E-state index contributed by atoms with van der Waals surface area (Å²) in [5, 5.41) is 20.2. The van der Waals surface area contributed by atoms with Crippen molar-refractivity contribution in [3.05, 3.63) is 155 Å². The van der Waals surface area contributed by atoms with Crippen LogP contribution in [0.1, 0.15) is 38.5 Å². The second-order valence-electron chi connectivity index (χ2n) is 8.79. The van der Waals surface area contributed by atoms with Crippen LogP contribution in [-0.4, -0.2) is 22.2 Å². The summed E-state index contributed by atoms with van der Waals surface area (Å²) >= 11 is 0. The number of carboxylic acid groups (broad SMARTS) is 2. The van der Waals surface area contributed by atoms with Crippen molar-refractivity contribution in [3.63, 3.8) is 0 Å². The maximum atomic E-state index is 13.3. The van der Waals surface area contributed by atoms with Gasteiger partial charge in [0, 0.05) is 5.92 Å². The highest BCUT2D eigenvalue weighted by Gasteiger charge is 2.50. The fraction of sp³-hybridized carbons (Fsp3) is 0.0625. The van der Waals surface area contributed by atoms with E-state index in [-0.39, 0.29) is 5.56 Å². The van der Waals surface area contributed by atoms with Crippen LogP contribution in [0, 0.1) is 0 Å². The molecule has 0 bridgehead atoms. The molecule has 1 aliphatic rings. The molecular formula is C32H24O4. The van der Waals surface area contributed by atoms with E-state index in [1.807, 2.05) is 97.1 Å². The monoisotopic (exact) mass is 472 g/mol. The zero-order chi connectivity index (χ0) is 25.1. The van der Waals surface area contributed by atoms with E-state index in [0.29, 0.717) is 5.56 Å². The highest BCUT2D eigenvalue weighted by Crippen LogP contribution is 2.54. The van der Waals surface area contributed by atoms with Gasteiger partial charge in [-0.3, -0.25) is 4.79 Å². The van der Waals surface area contributed by atoms with E-state index in [1.54, 1.807) is 30.3 Å². The number of aromatic carboxylic acids is 1. The van der Waals surface area contributed by atoms with Gasteiger partial charge in [-0.25, -0.2) is 4.79 Å². The number of hydrogen-bond acceptors (Lipinski definition) is 2. The smallest absolute Gasteiger partial charge is 0.335 e. The molecule has 4 heteroatoms. The summed E-state index contributed by atoms with van der Waals surface area (Å²) in [7, 11) is 0.